The highest BCUT2D eigenvalue weighted by molar-refractivity contribution is 9.10. The van der Waals surface area contributed by atoms with Gasteiger partial charge in [-0.25, -0.2) is 8.42 Å². The van der Waals surface area contributed by atoms with Gasteiger partial charge >= 0.3 is 0 Å². The molecule has 23 heavy (non-hydrogen) atoms. The molecule has 0 aromatic heterocycles. The number of aliphatic imine (C=N–C) groups is 1. The second-order valence-electron chi connectivity index (χ2n) is 6.19. The average molecular weight is 397 g/mol. The molecule has 3 rings (SSSR count). The summed E-state index contributed by atoms with van der Waals surface area (Å²) in [4.78, 5) is 5.07. The number of rotatable bonds is 2. The fourth-order valence-electron chi connectivity index (χ4n) is 3.26. The molecule has 6 heteroatoms. The van der Waals surface area contributed by atoms with E-state index in [1.54, 1.807) is 0 Å². The van der Waals surface area contributed by atoms with Gasteiger partial charge in [0.25, 0.3) is 10.0 Å². The molecule has 0 saturated heterocycles. The Morgan fingerprint density at radius 1 is 1.17 bits per heavy atom. The minimum Gasteiger partial charge on any atom is -0.264 e. The maximum atomic E-state index is 12.5. The van der Waals surface area contributed by atoms with E-state index >= 15 is 0 Å². The van der Waals surface area contributed by atoms with Crippen LogP contribution in [0.25, 0.3) is 4.91 Å². The van der Waals surface area contributed by atoms with Gasteiger partial charge < -0.3 is 0 Å². The summed E-state index contributed by atoms with van der Waals surface area (Å²) in [6.07, 6.45) is 6.96. The third kappa shape index (κ3) is 3.69. The monoisotopic (exact) mass is 396 g/mol. The summed E-state index contributed by atoms with van der Waals surface area (Å²) in [5, 5.41) is 0. The molecule has 1 saturated carbocycles. The van der Waals surface area contributed by atoms with Crippen molar-refractivity contribution in [2.24, 2.45) is 4.99 Å². The first kappa shape index (κ1) is 16.7. The van der Waals surface area contributed by atoms with Gasteiger partial charge in [-0.15, -0.1) is 0 Å². The normalized spacial score (nSPS) is 23.8. The van der Waals surface area contributed by atoms with Crippen molar-refractivity contribution in [1.82, 2.24) is 4.72 Å². The van der Waals surface area contributed by atoms with Crippen LogP contribution in [0, 0.1) is 0 Å². The van der Waals surface area contributed by atoms with Gasteiger partial charge in [-0.05, 0) is 37.5 Å². The molecule has 1 aromatic rings. The van der Waals surface area contributed by atoms with Gasteiger partial charge in [0.2, 0.25) is 0 Å². The Labute approximate surface area is 146 Å². The van der Waals surface area contributed by atoms with Crippen LogP contribution in [0.2, 0.25) is 0 Å². The van der Waals surface area contributed by atoms with E-state index in [-0.39, 0.29) is 6.04 Å². The standard InChI is InChI=1S/C17H21BrN2O2S/c1-12-16(13-7-6-8-14(18)11-13)23(21,22)20-17(12)19-15-9-4-2-3-5-10-15/h6-8,11,15H,2-5,9-10H2,1H3,(H,19,20). The largest absolute Gasteiger partial charge is 0.264 e. The summed E-state index contributed by atoms with van der Waals surface area (Å²) < 4.78 is 28.6. The van der Waals surface area contributed by atoms with Crippen LogP contribution in [0.1, 0.15) is 51.0 Å². The van der Waals surface area contributed by atoms with Crippen molar-refractivity contribution in [2.75, 3.05) is 0 Å². The highest BCUT2D eigenvalue weighted by Gasteiger charge is 2.33. The van der Waals surface area contributed by atoms with Crippen molar-refractivity contribution >= 4 is 36.7 Å². The van der Waals surface area contributed by atoms with Crippen molar-refractivity contribution in [1.29, 1.82) is 0 Å². The number of nitrogens with zero attached hydrogens (tertiary/aromatic N) is 1. The molecular formula is C17H21BrN2O2S. The lowest BCUT2D eigenvalue weighted by atomic mass is 10.1. The van der Waals surface area contributed by atoms with Gasteiger partial charge in [0, 0.05) is 10.0 Å². The van der Waals surface area contributed by atoms with E-state index in [0.29, 0.717) is 21.9 Å². The summed E-state index contributed by atoms with van der Waals surface area (Å²) in [6.45, 7) is 1.84. The molecule has 124 valence electrons. The van der Waals surface area contributed by atoms with E-state index in [2.05, 4.69) is 20.7 Å². The first-order valence-electron chi connectivity index (χ1n) is 8.05. The molecule has 1 aromatic carbocycles. The Balaban J connectivity index is 1.98. The summed E-state index contributed by atoms with van der Waals surface area (Å²) >= 11 is 3.40. The molecule has 0 spiro atoms. The van der Waals surface area contributed by atoms with E-state index in [4.69, 9.17) is 4.99 Å². The third-order valence-corrected chi connectivity index (χ3v) is 6.45. The van der Waals surface area contributed by atoms with Gasteiger partial charge in [-0.2, -0.15) is 0 Å². The molecule has 2 aliphatic rings. The first-order chi connectivity index (χ1) is 11.0. The summed E-state index contributed by atoms with van der Waals surface area (Å²) in [5.41, 5.74) is 1.41. The summed E-state index contributed by atoms with van der Waals surface area (Å²) in [5.74, 6) is 0.520. The highest BCUT2D eigenvalue weighted by Crippen LogP contribution is 2.32. The van der Waals surface area contributed by atoms with Gasteiger partial charge in [0.15, 0.2) is 0 Å². The van der Waals surface area contributed by atoms with Crippen molar-refractivity contribution < 1.29 is 8.42 Å². The lowest BCUT2D eigenvalue weighted by Crippen LogP contribution is -2.25. The molecule has 0 unspecified atom stereocenters. The van der Waals surface area contributed by atoms with Crippen molar-refractivity contribution in [3.8, 4) is 0 Å². The van der Waals surface area contributed by atoms with E-state index in [9.17, 15) is 8.42 Å². The lowest BCUT2D eigenvalue weighted by molar-refractivity contribution is 0.583. The maximum absolute atomic E-state index is 12.5. The maximum Gasteiger partial charge on any atom is 0.264 e. The van der Waals surface area contributed by atoms with Crippen LogP contribution >= 0.6 is 15.9 Å². The van der Waals surface area contributed by atoms with Crippen LogP contribution in [0.3, 0.4) is 0 Å². The molecule has 1 N–H and O–H groups in total. The van der Waals surface area contributed by atoms with E-state index < -0.39 is 10.0 Å². The minimum atomic E-state index is -3.54. The Bertz CT molecular complexity index is 761. The molecule has 4 nitrogen and oxygen atoms in total. The van der Waals surface area contributed by atoms with Gasteiger partial charge in [0.05, 0.1) is 6.04 Å². The Kier molecular flexibility index (Phi) is 4.92. The van der Waals surface area contributed by atoms with Crippen LogP contribution in [-0.2, 0) is 10.0 Å². The second-order valence-corrected chi connectivity index (χ2v) is 8.73. The van der Waals surface area contributed by atoms with Crippen LogP contribution in [0.4, 0.5) is 0 Å². The molecule has 0 amide bonds. The lowest BCUT2D eigenvalue weighted by Gasteiger charge is -2.10. The zero-order valence-corrected chi connectivity index (χ0v) is 15.6. The van der Waals surface area contributed by atoms with Crippen LogP contribution in [0.5, 0.6) is 0 Å². The summed E-state index contributed by atoms with van der Waals surface area (Å²) in [6, 6.07) is 7.60. The quantitative estimate of drug-likeness (QED) is 0.760. The minimum absolute atomic E-state index is 0.229. The van der Waals surface area contributed by atoms with Gasteiger partial charge in [0.1, 0.15) is 10.7 Å². The van der Waals surface area contributed by atoms with Gasteiger partial charge in [-0.1, -0.05) is 53.7 Å². The molecule has 1 aliphatic carbocycles. The molecule has 0 radical (unpaired) electrons. The van der Waals surface area contributed by atoms with Crippen LogP contribution in [-0.4, -0.2) is 20.3 Å². The topological polar surface area (TPSA) is 58.5 Å². The van der Waals surface area contributed by atoms with Crippen LogP contribution < -0.4 is 4.72 Å². The van der Waals surface area contributed by atoms with E-state index in [1.807, 2.05) is 31.2 Å². The van der Waals surface area contributed by atoms with Crippen LogP contribution in [0.15, 0.2) is 39.3 Å². The number of nitrogens with one attached hydrogen (secondary N) is 1. The molecular weight excluding hydrogens is 376 g/mol. The van der Waals surface area contributed by atoms with Crippen molar-refractivity contribution in [3.63, 3.8) is 0 Å². The number of sulfonamides is 1. The predicted octanol–water partition coefficient (Wildman–Crippen LogP) is 4.23. The number of benzene rings is 1. The number of hydrogen-bond donors (Lipinski definition) is 1. The Morgan fingerprint density at radius 3 is 2.52 bits per heavy atom. The van der Waals surface area contributed by atoms with E-state index in [0.717, 1.165) is 17.3 Å². The first-order valence-corrected chi connectivity index (χ1v) is 10.3. The number of hydrogen-bond acceptors (Lipinski definition) is 3. The predicted molar refractivity (Wildman–Crippen MR) is 97.7 cm³/mol. The van der Waals surface area contributed by atoms with Crippen molar-refractivity contribution in [2.45, 2.75) is 51.5 Å². The molecule has 0 atom stereocenters. The fourth-order valence-corrected chi connectivity index (χ4v) is 5.16. The second kappa shape index (κ2) is 6.77. The molecule has 1 aliphatic heterocycles. The smallest absolute Gasteiger partial charge is 0.264 e. The molecule has 1 fully saturated rings. The molecule has 1 heterocycles. The SMILES string of the molecule is CC1=C(c2cccc(Br)c2)S(=O)(=O)NC1=NC1CCCCCC1. The van der Waals surface area contributed by atoms with Crippen molar-refractivity contribution in [3.05, 3.63) is 39.9 Å². The zero-order chi connectivity index (χ0) is 16.4. The average Bonchev–Trinajstić information content (AvgIpc) is 2.67. The van der Waals surface area contributed by atoms with Gasteiger partial charge in [-0.3, -0.25) is 9.71 Å². The third-order valence-electron chi connectivity index (χ3n) is 4.42. The Hall–Kier alpha value is -1.14. The zero-order valence-electron chi connectivity index (χ0n) is 13.2. The van der Waals surface area contributed by atoms with E-state index in [1.165, 1.54) is 25.7 Å². The number of halogens is 1. The fraction of sp³-hybridized carbons (Fsp3) is 0.471. The molecule has 0 bridgehead atoms. The highest BCUT2D eigenvalue weighted by atomic mass is 79.9. The Morgan fingerprint density at radius 2 is 1.87 bits per heavy atom. The number of amidine groups is 1. The summed E-state index contributed by atoms with van der Waals surface area (Å²) in [7, 11) is -3.54.